The van der Waals surface area contributed by atoms with Crippen LogP contribution < -0.4 is 0 Å². The summed E-state index contributed by atoms with van der Waals surface area (Å²) < 4.78 is 0. The molecule has 0 aliphatic carbocycles. The molecule has 0 saturated heterocycles. The number of unbranched alkanes of at least 4 members (excludes halogenated alkanes) is 14. The third-order valence-corrected chi connectivity index (χ3v) is 3.99. The van der Waals surface area contributed by atoms with Gasteiger partial charge in [-0.25, -0.2) is 0 Å². The molecule has 26 heavy (non-hydrogen) atoms. The van der Waals surface area contributed by atoms with Crippen molar-refractivity contribution in [1.82, 2.24) is 0 Å². The summed E-state index contributed by atoms with van der Waals surface area (Å²) in [6, 6.07) is 0. The molecule has 0 aromatic rings. The molecule has 5 N–H and O–H groups in total. The zero-order valence-electron chi connectivity index (χ0n) is 18.7. The standard InChI is InChI=1S/C18H36O2.Mg.H4O4Si.2H/c1-2-3-4-5-6-7-8-9-10-11-12-13-14-15-16-17-18(19)20;;1-5(2,3)4;;/h2-17H2,1H3,(H,19,20);;1-4H;;/q;+2;;2*-1. The van der Waals surface area contributed by atoms with Crippen LogP contribution in [0.1, 0.15) is 113 Å². The Kier molecular flexibility index (Phi) is 27.8. The number of hydrogen-bond donors (Lipinski definition) is 5. The molecule has 0 aromatic heterocycles. The van der Waals surface area contributed by atoms with E-state index in [4.69, 9.17) is 24.3 Å². The monoisotopic (exact) mass is 406 g/mol. The molecule has 0 aromatic carbocycles. The van der Waals surface area contributed by atoms with Crippen LogP contribution in [0.15, 0.2) is 0 Å². The molecular formula is C18H42MgO6Si. The largest absolute Gasteiger partial charge is 2.00 e. The smallest absolute Gasteiger partial charge is 1.00 e. The van der Waals surface area contributed by atoms with Crippen molar-refractivity contribution in [1.29, 1.82) is 0 Å². The molecule has 0 saturated carbocycles. The maximum Gasteiger partial charge on any atom is 2.00 e. The van der Waals surface area contributed by atoms with Gasteiger partial charge in [-0.05, 0) is 6.42 Å². The minimum absolute atomic E-state index is 0. The van der Waals surface area contributed by atoms with Gasteiger partial charge >= 0.3 is 38.1 Å². The molecule has 8 heteroatoms. The van der Waals surface area contributed by atoms with Crippen molar-refractivity contribution in [2.24, 2.45) is 0 Å². The van der Waals surface area contributed by atoms with Gasteiger partial charge in [-0.15, -0.1) is 0 Å². The minimum atomic E-state index is -4.61. The molecule has 156 valence electrons. The number of rotatable bonds is 16. The molecule has 0 rings (SSSR count). The van der Waals surface area contributed by atoms with E-state index in [1.54, 1.807) is 0 Å². The van der Waals surface area contributed by atoms with Crippen LogP contribution in [-0.2, 0) is 4.79 Å². The first-order valence-corrected chi connectivity index (χ1v) is 11.7. The fraction of sp³-hybridized carbons (Fsp3) is 0.944. The van der Waals surface area contributed by atoms with Crippen LogP contribution in [0.4, 0.5) is 0 Å². The fourth-order valence-electron chi connectivity index (χ4n) is 2.65. The summed E-state index contributed by atoms with van der Waals surface area (Å²) >= 11 is 0. The van der Waals surface area contributed by atoms with Gasteiger partial charge in [0.2, 0.25) is 0 Å². The van der Waals surface area contributed by atoms with Gasteiger partial charge in [0.15, 0.2) is 0 Å². The van der Waals surface area contributed by atoms with Gasteiger partial charge in [-0.1, -0.05) is 96.8 Å². The van der Waals surface area contributed by atoms with Crippen molar-refractivity contribution in [2.45, 2.75) is 110 Å². The second kappa shape index (κ2) is 23.3. The van der Waals surface area contributed by atoms with E-state index < -0.39 is 15.0 Å². The number of carbonyl (C=O) groups is 1. The SMILES string of the molecule is CCCCCCCCCCCCCCCCCC(=O)O.O[Si](O)(O)O.[H-].[H-].[Mg+2]. The van der Waals surface area contributed by atoms with Crippen LogP contribution in [0, 0.1) is 0 Å². The van der Waals surface area contributed by atoms with Gasteiger partial charge in [-0.3, -0.25) is 4.79 Å². The predicted octanol–water partition coefficient (Wildman–Crippen LogP) is 3.57. The molecule has 0 amide bonds. The van der Waals surface area contributed by atoms with Crippen molar-refractivity contribution in [3.63, 3.8) is 0 Å². The second-order valence-corrected chi connectivity index (χ2v) is 7.89. The maximum atomic E-state index is 10.3. The van der Waals surface area contributed by atoms with Crippen molar-refractivity contribution in [3.8, 4) is 0 Å². The molecule has 0 bridgehead atoms. The molecule has 0 atom stereocenters. The maximum absolute atomic E-state index is 10.3. The molecule has 0 aliphatic rings. The van der Waals surface area contributed by atoms with Crippen molar-refractivity contribution in [2.75, 3.05) is 0 Å². The van der Waals surface area contributed by atoms with Crippen molar-refractivity contribution in [3.05, 3.63) is 0 Å². The first-order chi connectivity index (χ1) is 11.8. The van der Waals surface area contributed by atoms with Crippen molar-refractivity contribution >= 4 is 38.1 Å². The third kappa shape index (κ3) is 44.1. The minimum Gasteiger partial charge on any atom is -1.00 e. The average molecular weight is 407 g/mol. The van der Waals surface area contributed by atoms with Crippen LogP contribution in [0.3, 0.4) is 0 Å². The summed E-state index contributed by atoms with van der Waals surface area (Å²) in [4.78, 5) is 39.6. The first-order valence-electron chi connectivity index (χ1n) is 9.88. The van der Waals surface area contributed by atoms with Gasteiger partial charge in [0.25, 0.3) is 0 Å². The Balaban J connectivity index is -0.000000195. The molecule has 0 fully saturated rings. The normalized spacial score (nSPS) is 10.7. The summed E-state index contributed by atoms with van der Waals surface area (Å²) in [5, 5.41) is 8.52. The predicted molar refractivity (Wildman–Crippen MR) is 110 cm³/mol. The van der Waals surface area contributed by atoms with Gasteiger partial charge < -0.3 is 27.1 Å². The summed E-state index contributed by atoms with van der Waals surface area (Å²) in [6.45, 7) is 2.27. The quantitative estimate of drug-likeness (QED) is 0.197. The van der Waals surface area contributed by atoms with Crippen molar-refractivity contribution < 1.29 is 31.9 Å². The van der Waals surface area contributed by atoms with Crippen LogP contribution in [0.5, 0.6) is 0 Å². The van der Waals surface area contributed by atoms with Crippen LogP contribution in [0.25, 0.3) is 0 Å². The summed E-state index contributed by atoms with van der Waals surface area (Å²) in [7, 11) is -4.61. The molecule has 0 unspecified atom stereocenters. The van der Waals surface area contributed by atoms with Crippen LogP contribution in [0.2, 0.25) is 0 Å². The Morgan fingerprint density at radius 2 is 0.885 bits per heavy atom. The Morgan fingerprint density at radius 1 is 0.654 bits per heavy atom. The summed E-state index contributed by atoms with van der Waals surface area (Å²) in [5.41, 5.74) is 0. The summed E-state index contributed by atoms with van der Waals surface area (Å²) in [6.07, 6.45) is 20.2. The molecule has 0 radical (unpaired) electrons. The van der Waals surface area contributed by atoms with E-state index >= 15 is 0 Å². The molecule has 0 aliphatic heterocycles. The number of carboxylic acid groups (broad SMARTS) is 1. The molecule has 0 heterocycles. The first kappa shape index (κ1) is 31.0. The van der Waals surface area contributed by atoms with E-state index in [2.05, 4.69) is 6.92 Å². The van der Waals surface area contributed by atoms with E-state index in [9.17, 15) is 4.79 Å². The Hall–Kier alpha value is 0.293. The molecule has 0 spiro atoms. The number of hydrogen-bond acceptors (Lipinski definition) is 5. The second-order valence-electron chi connectivity index (χ2n) is 6.69. The number of aliphatic carboxylic acids is 1. The Labute approximate surface area is 179 Å². The molecule has 6 nitrogen and oxygen atoms in total. The third-order valence-electron chi connectivity index (χ3n) is 3.99. The molecular weight excluding hydrogens is 365 g/mol. The Bertz CT molecular complexity index is 292. The van der Waals surface area contributed by atoms with E-state index in [-0.39, 0.29) is 25.9 Å². The van der Waals surface area contributed by atoms with Gasteiger partial charge in [0.1, 0.15) is 0 Å². The fourth-order valence-corrected chi connectivity index (χ4v) is 2.65. The van der Waals surface area contributed by atoms with E-state index in [1.807, 2.05) is 0 Å². The van der Waals surface area contributed by atoms with Gasteiger partial charge in [0, 0.05) is 6.42 Å². The summed E-state index contributed by atoms with van der Waals surface area (Å²) in [5.74, 6) is -0.653. The topological polar surface area (TPSA) is 118 Å². The number of carboxylic acids is 1. The van der Waals surface area contributed by atoms with E-state index in [0.29, 0.717) is 6.42 Å². The van der Waals surface area contributed by atoms with E-state index in [1.165, 1.54) is 83.5 Å². The van der Waals surface area contributed by atoms with Gasteiger partial charge in [0.05, 0.1) is 0 Å². The Morgan fingerprint density at radius 3 is 1.12 bits per heavy atom. The zero-order valence-corrected chi connectivity index (χ0v) is 19.1. The van der Waals surface area contributed by atoms with Crippen LogP contribution >= 0.6 is 0 Å². The van der Waals surface area contributed by atoms with Crippen LogP contribution in [-0.4, -0.2) is 62.4 Å². The van der Waals surface area contributed by atoms with E-state index in [0.717, 1.165) is 12.8 Å². The van der Waals surface area contributed by atoms with Gasteiger partial charge in [-0.2, -0.15) is 0 Å². The average Bonchev–Trinajstić information content (AvgIpc) is 2.49. The zero-order chi connectivity index (χ0) is 19.4.